The summed E-state index contributed by atoms with van der Waals surface area (Å²) < 4.78 is 0. The van der Waals surface area contributed by atoms with Crippen molar-refractivity contribution in [3.05, 3.63) is 34.9 Å². The van der Waals surface area contributed by atoms with Gasteiger partial charge in [0.05, 0.1) is 0 Å². The highest BCUT2D eigenvalue weighted by Crippen LogP contribution is 2.14. The number of carboxylic acids is 1. The van der Waals surface area contributed by atoms with Crippen LogP contribution < -0.4 is 0 Å². The summed E-state index contributed by atoms with van der Waals surface area (Å²) >= 11 is 4.01. The Hall–Kier alpha value is -0.960. The molecule has 0 fully saturated rings. The second kappa shape index (κ2) is 4.51. The maximum atomic E-state index is 10.6. The van der Waals surface area contributed by atoms with Crippen molar-refractivity contribution in [2.24, 2.45) is 0 Å². The minimum Gasteiger partial charge on any atom is -0.480 e. The maximum Gasteiger partial charge on any atom is 0.316 e. The molecule has 0 aliphatic rings. The van der Waals surface area contributed by atoms with Crippen molar-refractivity contribution in [2.45, 2.75) is 25.5 Å². The van der Waals surface area contributed by atoms with E-state index in [0.717, 1.165) is 11.1 Å². The van der Waals surface area contributed by atoms with E-state index in [1.54, 1.807) is 0 Å². The second-order valence-corrected chi connectivity index (χ2v) is 4.11. The summed E-state index contributed by atoms with van der Waals surface area (Å²) in [7, 11) is 0. The lowest BCUT2D eigenvalue weighted by molar-refractivity contribution is -0.136. The van der Waals surface area contributed by atoms with Gasteiger partial charge in [-0.3, -0.25) is 4.79 Å². The number of thiol groups is 1. The molecule has 0 heterocycles. The van der Waals surface area contributed by atoms with Gasteiger partial charge in [0.2, 0.25) is 0 Å². The van der Waals surface area contributed by atoms with Crippen LogP contribution in [0.5, 0.6) is 0 Å². The Bertz CT molecular complexity index is 347. The summed E-state index contributed by atoms with van der Waals surface area (Å²) in [5.74, 6) is -0.867. The van der Waals surface area contributed by atoms with E-state index in [0.29, 0.717) is 6.42 Å². The van der Waals surface area contributed by atoms with Gasteiger partial charge in [-0.2, -0.15) is 12.6 Å². The van der Waals surface area contributed by atoms with Crippen LogP contribution >= 0.6 is 12.6 Å². The number of benzene rings is 1. The highest BCUT2D eigenvalue weighted by molar-refractivity contribution is 7.81. The Balaban J connectivity index is 2.82. The molecule has 1 atom stereocenters. The third kappa shape index (κ3) is 2.77. The van der Waals surface area contributed by atoms with E-state index in [9.17, 15) is 4.79 Å². The Morgan fingerprint density at radius 2 is 2.14 bits per heavy atom. The molecule has 0 amide bonds. The molecule has 2 nitrogen and oxygen atoms in total. The van der Waals surface area contributed by atoms with Gasteiger partial charge >= 0.3 is 5.97 Å². The van der Waals surface area contributed by atoms with E-state index in [-0.39, 0.29) is 0 Å². The first-order chi connectivity index (χ1) is 6.50. The normalized spacial score (nSPS) is 12.5. The molecule has 1 aromatic rings. The van der Waals surface area contributed by atoms with Gasteiger partial charge in [0.1, 0.15) is 5.25 Å². The SMILES string of the molecule is Cc1ccc(CC(S)C(=O)O)c(C)c1. The van der Waals surface area contributed by atoms with Crippen LogP contribution in [0.15, 0.2) is 18.2 Å². The average Bonchev–Trinajstić information content (AvgIpc) is 2.09. The fourth-order valence-corrected chi connectivity index (χ4v) is 1.57. The number of aliphatic carboxylic acids is 1. The first-order valence-corrected chi connectivity index (χ1v) is 4.99. The van der Waals surface area contributed by atoms with Gasteiger partial charge in [-0.05, 0) is 31.4 Å². The highest BCUT2D eigenvalue weighted by Gasteiger charge is 2.13. The minimum absolute atomic E-state index is 0.477. The lowest BCUT2D eigenvalue weighted by atomic mass is 10.0. The zero-order valence-corrected chi connectivity index (χ0v) is 9.21. The van der Waals surface area contributed by atoms with Crippen LogP contribution in [0.2, 0.25) is 0 Å². The van der Waals surface area contributed by atoms with Gasteiger partial charge in [0.15, 0.2) is 0 Å². The molecule has 1 rings (SSSR count). The molecule has 14 heavy (non-hydrogen) atoms. The van der Waals surface area contributed by atoms with Crippen LogP contribution in [0, 0.1) is 13.8 Å². The second-order valence-electron chi connectivity index (χ2n) is 3.49. The van der Waals surface area contributed by atoms with E-state index in [4.69, 9.17) is 5.11 Å². The molecule has 0 saturated heterocycles. The van der Waals surface area contributed by atoms with Gasteiger partial charge in [0.25, 0.3) is 0 Å². The fraction of sp³-hybridized carbons (Fsp3) is 0.364. The van der Waals surface area contributed by atoms with Crippen molar-refractivity contribution in [1.29, 1.82) is 0 Å². The summed E-state index contributed by atoms with van der Waals surface area (Å²) in [6, 6.07) is 6.01. The molecule has 3 heteroatoms. The van der Waals surface area contributed by atoms with Crippen LogP contribution in [0.1, 0.15) is 16.7 Å². The molecule has 0 saturated carbocycles. The Kier molecular flexibility index (Phi) is 3.58. The van der Waals surface area contributed by atoms with Crippen molar-refractivity contribution in [3.8, 4) is 0 Å². The van der Waals surface area contributed by atoms with Crippen molar-refractivity contribution in [1.82, 2.24) is 0 Å². The van der Waals surface area contributed by atoms with E-state index in [2.05, 4.69) is 18.7 Å². The number of hydrogen-bond acceptors (Lipinski definition) is 2. The Morgan fingerprint density at radius 3 is 2.64 bits per heavy atom. The van der Waals surface area contributed by atoms with E-state index in [1.807, 2.05) is 26.0 Å². The molecule has 1 unspecified atom stereocenters. The highest BCUT2D eigenvalue weighted by atomic mass is 32.1. The monoisotopic (exact) mass is 210 g/mol. The van der Waals surface area contributed by atoms with Crippen molar-refractivity contribution in [3.63, 3.8) is 0 Å². The van der Waals surface area contributed by atoms with Crippen LogP contribution in [0.4, 0.5) is 0 Å². The third-order valence-electron chi connectivity index (χ3n) is 2.20. The molecule has 0 bridgehead atoms. The standard InChI is InChI=1S/C11H14O2S/c1-7-3-4-9(8(2)5-7)6-10(14)11(12)13/h3-5,10,14H,6H2,1-2H3,(H,12,13). The number of carbonyl (C=O) groups is 1. The first kappa shape index (κ1) is 11.1. The average molecular weight is 210 g/mol. The molecular formula is C11H14O2S. The Labute approximate surface area is 89.4 Å². The summed E-state index contributed by atoms with van der Waals surface area (Å²) in [6.07, 6.45) is 0.477. The number of rotatable bonds is 3. The third-order valence-corrected chi connectivity index (χ3v) is 2.60. The summed E-state index contributed by atoms with van der Waals surface area (Å²) in [4.78, 5) is 10.6. The molecule has 0 spiro atoms. The molecule has 76 valence electrons. The largest absolute Gasteiger partial charge is 0.480 e. The minimum atomic E-state index is -0.867. The number of carboxylic acid groups (broad SMARTS) is 1. The number of hydrogen-bond donors (Lipinski definition) is 2. The van der Waals surface area contributed by atoms with Crippen molar-refractivity contribution < 1.29 is 9.90 Å². The molecule has 0 radical (unpaired) electrons. The maximum absolute atomic E-state index is 10.6. The van der Waals surface area contributed by atoms with Crippen LogP contribution in [-0.4, -0.2) is 16.3 Å². The van der Waals surface area contributed by atoms with Gasteiger partial charge < -0.3 is 5.11 Å². The lowest BCUT2D eigenvalue weighted by Crippen LogP contribution is -2.16. The molecule has 0 aliphatic heterocycles. The molecular weight excluding hydrogens is 196 g/mol. The van der Waals surface area contributed by atoms with Gasteiger partial charge in [0, 0.05) is 0 Å². The lowest BCUT2D eigenvalue weighted by Gasteiger charge is -2.09. The summed E-state index contributed by atoms with van der Waals surface area (Å²) in [5, 5.41) is 8.10. The van der Waals surface area contributed by atoms with Gasteiger partial charge in [-0.15, -0.1) is 0 Å². The Morgan fingerprint density at radius 1 is 1.50 bits per heavy atom. The molecule has 0 aliphatic carbocycles. The quantitative estimate of drug-likeness (QED) is 0.751. The van der Waals surface area contributed by atoms with Crippen molar-refractivity contribution >= 4 is 18.6 Å². The van der Waals surface area contributed by atoms with E-state index in [1.165, 1.54) is 5.56 Å². The zero-order valence-electron chi connectivity index (χ0n) is 8.32. The van der Waals surface area contributed by atoms with E-state index >= 15 is 0 Å². The van der Waals surface area contributed by atoms with Crippen LogP contribution in [0.25, 0.3) is 0 Å². The topological polar surface area (TPSA) is 37.3 Å². The van der Waals surface area contributed by atoms with E-state index < -0.39 is 11.2 Å². The van der Waals surface area contributed by atoms with Gasteiger partial charge in [-0.25, -0.2) is 0 Å². The molecule has 1 aromatic carbocycles. The zero-order chi connectivity index (χ0) is 10.7. The van der Waals surface area contributed by atoms with Crippen LogP contribution in [0.3, 0.4) is 0 Å². The first-order valence-electron chi connectivity index (χ1n) is 4.47. The number of aryl methyl sites for hydroxylation is 2. The molecule has 1 N–H and O–H groups in total. The summed E-state index contributed by atoms with van der Waals surface area (Å²) in [5.41, 5.74) is 3.38. The molecule has 0 aromatic heterocycles. The van der Waals surface area contributed by atoms with Crippen molar-refractivity contribution in [2.75, 3.05) is 0 Å². The smallest absolute Gasteiger partial charge is 0.316 e. The predicted molar refractivity (Wildman–Crippen MR) is 60.0 cm³/mol. The van der Waals surface area contributed by atoms with Crippen LogP contribution in [-0.2, 0) is 11.2 Å². The predicted octanol–water partition coefficient (Wildman–Crippen LogP) is 2.23. The summed E-state index contributed by atoms with van der Waals surface area (Å²) in [6.45, 7) is 4.01. The fourth-order valence-electron chi connectivity index (χ4n) is 1.37. The van der Waals surface area contributed by atoms with Gasteiger partial charge in [-0.1, -0.05) is 23.8 Å².